The first-order chi connectivity index (χ1) is 25.0. The zero-order valence-electron chi connectivity index (χ0n) is 31.9. The van der Waals surface area contributed by atoms with Crippen LogP contribution >= 0.6 is 11.3 Å². The van der Waals surface area contributed by atoms with Crippen molar-refractivity contribution in [2.75, 3.05) is 0 Å². The smallest absolute Gasteiger partial charge is 0.0798 e. The molecule has 0 spiro atoms. The molecular weight excluding hydrogens is 857 g/mol. The number of benzene rings is 4. The van der Waals surface area contributed by atoms with E-state index in [2.05, 4.69) is 144 Å². The van der Waals surface area contributed by atoms with Gasteiger partial charge in [-0.3, -0.25) is 0 Å². The fraction of sp³-hybridized carbons (Fsp3) is 0.292. The summed E-state index contributed by atoms with van der Waals surface area (Å²) in [6.45, 7) is 14.1. The Kier molecular flexibility index (Phi) is 12.3. The van der Waals surface area contributed by atoms with Crippen molar-refractivity contribution in [2.24, 2.45) is 11.3 Å². The Hall–Kier alpha value is -3.73. The van der Waals surface area contributed by atoms with Gasteiger partial charge in [0, 0.05) is 37.2 Å². The van der Waals surface area contributed by atoms with Gasteiger partial charge in [-0.15, -0.1) is 59.7 Å². The molecule has 1 fully saturated rings. The van der Waals surface area contributed by atoms with Crippen LogP contribution in [0.1, 0.15) is 57.6 Å². The molecule has 4 aromatic carbocycles. The summed E-state index contributed by atoms with van der Waals surface area (Å²) in [5, 5.41) is 4.13. The van der Waals surface area contributed by atoms with Gasteiger partial charge in [0.25, 0.3) is 0 Å². The Balaban J connectivity index is 0.000000187. The molecule has 1 aliphatic rings. The van der Waals surface area contributed by atoms with Crippen molar-refractivity contribution in [3.63, 3.8) is 0 Å². The topological polar surface area (TPSA) is 25.8 Å². The Morgan fingerprint density at radius 3 is 2.25 bits per heavy atom. The maximum absolute atomic E-state index is 4.75. The number of rotatable bonds is 7. The number of pyridine rings is 2. The molecule has 0 bridgehead atoms. The van der Waals surface area contributed by atoms with Gasteiger partial charge >= 0.3 is 0 Å². The molecule has 0 aliphatic heterocycles. The molecule has 1 aliphatic carbocycles. The molecule has 3 heterocycles. The third-order valence-corrected chi connectivity index (χ3v) is 13.4. The van der Waals surface area contributed by atoms with Gasteiger partial charge in [-0.05, 0) is 80.2 Å². The van der Waals surface area contributed by atoms with E-state index in [1.54, 1.807) is 10.8 Å². The number of hydrogen-bond donors (Lipinski definition) is 0. The van der Waals surface area contributed by atoms with Crippen LogP contribution in [-0.4, -0.2) is 18.0 Å². The average molecular weight is 907 g/mol. The maximum atomic E-state index is 4.75. The molecular formula is C48H50IrN2SSi-2. The molecule has 0 N–H and O–H groups in total. The standard InChI is InChI=1S/C28H24NS.C20H26NSi.Ir/c1-28(2,3)18-19-14-15-29-25(16-19)23-11-7-10-22-24-17-21(20-8-5-4-6-9-20)12-13-26(24)30-27(22)23;1-22(2,3)20-15-21-19(17-11-5-4-6-12-17)14-18(20)13-16-9-7-8-10-16;/h4-10,12-17H,18H2,1-3H3;4-6,11,14-16H,7-10,13H2,1-3H3;/q2*-1;. The maximum Gasteiger partial charge on any atom is 0.0798 e. The fourth-order valence-electron chi connectivity index (χ4n) is 7.64. The van der Waals surface area contributed by atoms with Gasteiger partial charge in [0.15, 0.2) is 0 Å². The Bertz CT molecular complexity index is 2280. The number of nitrogens with zero attached hydrogens (tertiary/aromatic N) is 2. The van der Waals surface area contributed by atoms with Crippen LogP contribution in [0.25, 0.3) is 53.8 Å². The van der Waals surface area contributed by atoms with E-state index in [1.807, 2.05) is 35.7 Å². The summed E-state index contributed by atoms with van der Waals surface area (Å²) in [6.07, 6.45) is 12.0. The molecule has 3 aromatic heterocycles. The van der Waals surface area contributed by atoms with Crippen LogP contribution < -0.4 is 5.19 Å². The summed E-state index contributed by atoms with van der Waals surface area (Å²) in [5.41, 5.74) is 9.93. The fourth-order valence-corrected chi connectivity index (χ4v) is 10.4. The Morgan fingerprint density at radius 1 is 0.755 bits per heavy atom. The first-order valence-electron chi connectivity index (χ1n) is 18.9. The second-order valence-corrected chi connectivity index (χ2v) is 22.8. The molecule has 0 saturated heterocycles. The largest absolute Gasteiger partial charge is 0.305 e. The number of aromatic nitrogens is 2. The Morgan fingerprint density at radius 2 is 1.53 bits per heavy atom. The van der Waals surface area contributed by atoms with Gasteiger partial charge < -0.3 is 9.97 Å². The van der Waals surface area contributed by atoms with Crippen molar-refractivity contribution >= 4 is 44.8 Å². The SMILES string of the molecule is CC(C)(C)Cc1ccnc(-c2[c-]ccc3c2sc2ccc(-c4ccccc4)cc23)c1.C[Si](C)(C)c1cnc(-c2[c-]cccc2)cc1CC1CCCC1.[Ir]. The van der Waals surface area contributed by atoms with Gasteiger partial charge in [0.1, 0.15) is 0 Å². The summed E-state index contributed by atoms with van der Waals surface area (Å²) in [4.78, 5) is 9.45. The summed E-state index contributed by atoms with van der Waals surface area (Å²) < 4.78 is 2.56. The first kappa shape index (κ1) is 39.0. The summed E-state index contributed by atoms with van der Waals surface area (Å²) in [6, 6.07) is 43.2. The third kappa shape index (κ3) is 9.50. The summed E-state index contributed by atoms with van der Waals surface area (Å²) in [5.74, 6) is 0.880. The third-order valence-electron chi connectivity index (χ3n) is 10.1. The molecule has 5 heteroatoms. The molecule has 53 heavy (non-hydrogen) atoms. The predicted octanol–water partition coefficient (Wildman–Crippen LogP) is 13.0. The van der Waals surface area contributed by atoms with Gasteiger partial charge in [-0.2, -0.15) is 11.3 Å². The second-order valence-electron chi connectivity index (χ2n) is 16.7. The van der Waals surface area contributed by atoms with E-state index in [4.69, 9.17) is 9.97 Å². The van der Waals surface area contributed by atoms with Crippen molar-refractivity contribution < 1.29 is 20.1 Å². The number of hydrogen-bond acceptors (Lipinski definition) is 3. The van der Waals surface area contributed by atoms with E-state index in [0.29, 0.717) is 0 Å². The number of fused-ring (bicyclic) bond motifs is 3. The zero-order chi connectivity index (χ0) is 36.3. The average Bonchev–Trinajstić information content (AvgIpc) is 3.79. The van der Waals surface area contributed by atoms with Crippen molar-refractivity contribution in [3.05, 3.63) is 139 Å². The minimum atomic E-state index is -1.35. The normalized spacial score (nSPS) is 13.5. The summed E-state index contributed by atoms with van der Waals surface area (Å²) >= 11 is 1.83. The van der Waals surface area contributed by atoms with Crippen molar-refractivity contribution in [2.45, 2.75) is 78.9 Å². The van der Waals surface area contributed by atoms with E-state index in [0.717, 1.165) is 34.9 Å². The number of thiophene rings is 1. The summed E-state index contributed by atoms with van der Waals surface area (Å²) in [7, 11) is -1.35. The first-order valence-corrected chi connectivity index (χ1v) is 23.2. The van der Waals surface area contributed by atoms with E-state index in [1.165, 1.54) is 69.0 Å². The Labute approximate surface area is 335 Å². The van der Waals surface area contributed by atoms with Gasteiger partial charge in [-0.1, -0.05) is 131 Å². The van der Waals surface area contributed by atoms with E-state index >= 15 is 0 Å². The van der Waals surface area contributed by atoms with Crippen LogP contribution in [0.15, 0.2) is 116 Å². The van der Waals surface area contributed by atoms with Crippen LogP contribution in [0.5, 0.6) is 0 Å². The minimum Gasteiger partial charge on any atom is -0.305 e. The molecule has 7 aromatic rings. The molecule has 1 radical (unpaired) electrons. The van der Waals surface area contributed by atoms with E-state index in [-0.39, 0.29) is 25.5 Å². The molecule has 2 nitrogen and oxygen atoms in total. The predicted molar refractivity (Wildman–Crippen MR) is 227 cm³/mol. The van der Waals surface area contributed by atoms with Gasteiger partial charge in [-0.25, -0.2) is 0 Å². The molecule has 273 valence electrons. The van der Waals surface area contributed by atoms with Crippen molar-refractivity contribution in [1.29, 1.82) is 0 Å². The van der Waals surface area contributed by atoms with E-state index in [9.17, 15) is 0 Å². The zero-order valence-corrected chi connectivity index (χ0v) is 36.1. The van der Waals surface area contributed by atoms with Crippen LogP contribution in [0, 0.1) is 23.5 Å². The van der Waals surface area contributed by atoms with Crippen molar-refractivity contribution in [3.8, 4) is 33.6 Å². The van der Waals surface area contributed by atoms with Gasteiger partial charge in [0.05, 0.1) is 8.07 Å². The quantitative estimate of drug-likeness (QED) is 0.118. The molecule has 0 unspecified atom stereocenters. The molecule has 1 saturated carbocycles. The van der Waals surface area contributed by atoms with Crippen LogP contribution in [-0.2, 0) is 32.9 Å². The van der Waals surface area contributed by atoms with Crippen molar-refractivity contribution in [1.82, 2.24) is 9.97 Å². The molecule has 0 atom stereocenters. The van der Waals surface area contributed by atoms with E-state index < -0.39 is 8.07 Å². The minimum absolute atomic E-state index is 0. The monoisotopic (exact) mass is 907 g/mol. The van der Waals surface area contributed by atoms with Gasteiger partial charge in [0.2, 0.25) is 0 Å². The molecule has 8 rings (SSSR count). The second kappa shape index (κ2) is 16.7. The molecule has 0 amide bonds. The van der Waals surface area contributed by atoms with Crippen LogP contribution in [0.2, 0.25) is 19.6 Å². The van der Waals surface area contributed by atoms with Crippen LogP contribution in [0.3, 0.4) is 0 Å². The van der Waals surface area contributed by atoms with Crippen LogP contribution in [0.4, 0.5) is 0 Å².